The molecule has 0 atom stereocenters. The summed E-state index contributed by atoms with van der Waals surface area (Å²) in [4.78, 5) is 32.4. The van der Waals surface area contributed by atoms with E-state index in [9.17, 15) is 9.59 Å². The molecular formula is C18H16BrN5O2. The number of nitrogens with one attached hydrogen (secondary N) is 2. The zero-order valence-corrected chi connectivity index (χ0v) is 15.3. The molecule has 0 aliphatic rings. The smallest absolute Gasteiger partial charge is 0.256 e. The van der Waals surface area contributed by atoms with Crippen molar-refractivity contribution in [3.63, 3.8) is 0 Å². The molecule has 7 nitrogen and oxygen atoms in total. The van der Waals surface area contributed by atoms with E-state index in [0.717, 1.165) is 4.47 Å². The molecule has 0 saturated heterocycles. The maximum atomic E-state index is 12.3. The van der Waals surface area contributed by atoms with E-state index in [1.54, 1.807) is 61.3 Å². The number of nitrogens with zero attached hydrogens (tertiary/aromatic N) is 3. The van der Waals surface area contributed by atoms with Crippen LogP contribution in [0.1, 0.15) is 16.8 Å². The van der Waals surface area contributed by atoms with Crippen LogP contribution in [0.4, 0.5) is 11.5 Å². The molecule has 0 radical (unpaired) electrons. The van der Waals surface area contributed by atoms with E-state index in [4.69, 9.17) is 0 Å². The Morgan fingerprint density at radius 1 is 1.15 bits per heavy atom. The van der Waals surface area contributed by atoms with Gasteiger partial charge in [0.2, 0.25) is 5.91 Å². The van der Waals surface area contributed by atoms with Crippen LogP contribution in [0.2, 0.25) is 0 Å². The van der Waals surface area contributed by atoms with Crippen LogP contribution in [0.25, 0.3) is 0 Å². The normalized spacial score (nSPS) is 10.3. The van der Waals surface area contributed by atoms with Crippen LogP contribution in [0.15, 0.2) is 65.8 Å². The molecule has 0 saturated carbocycles. The van der Waals surface area contributed by atoms with Crippen molar-refractivity contribution in [2.45, 2.75) is 13.0 Å². The van der Waals surface area contributed by atoms with E-state index in [0.29, 0.717) is 30.0 Å². The molecule has 0 unspecified atom stereocenters. The van der Waals surface area contributed by atoms with Gasteiger partial charge in [0.05, 0.1) is 6.33 Å². The molecule has 0 aliphatic heterocycles. The van der Waals surface area contributed by atoms with Crippen molar-refractivity contribution in [1.29, 1.82) is 0 Å². The quantitative estimate of drug-likeness (QED) is 0.648. The highest BCUT2D eigenvalue weighted by atomic mass is 79.9. The van der Waals surface area contributed by atoms with E-state index < -0.39 is 0 Å². The monoisotopic (exact) mass is 413 g/mol. The third kappa shape index (κ3) is 5.00. The van der Waals surface area contributed by atoms with Crippen LogP contribution < -0.4 is 10.6 Å². The largest absolute Gasteiger partial charge is 0.337 e. The average molecular weight is 414 g/mol. The Hall–Kier alpha value is -3.00. The van der Waals surface area contributed by atoms with Crippen LogP contribution in [-0.4, -0.2) is 26.3 Å². The minimum atomic E-state index is -0.297. The molecule has 0 aliphatic carbocycles. The Kier molecular flexibility index (Phi) is 5.75. The zero-order chi connectivity index (χ0) is 18.4. The summed E-state index contributed by atoms with van der Waals surface area (Å²) in [7, 11) is 0. The fourth-order valence-corrected chi connectivity index (χ4v) is 2.48. The topological polar surface area (TPSA) is 88.9 Å². The van der Waals surface area contributed by atoms with E-state index in [1.807, 2.05) is 4.57 Å². The maximum Gasteiger partial charge on any atom is 0.256 e. The highest BCUT2D eigenvalue weighted by Crippen LogP contribution is 2.14. The number of benzene rings is 1. The molecule has 1 aromatic carbocycles. The summed E-state index contributed by atoms with van der Waals surface area (Å²) < 4.78 is 2.66. The molecule has 0 bridgehead atoms. The molecule has 2 heterocycles. The standard InChI is InChI=1S/C18H16BrN5O2/c19-14-4-5-16(21-11-14)23-18(26)13-2-1-3-15(10-13)22-17(25)6-8-24-9-7-20-12-24/h1-5,7,9-12H,6,8H2,(H,22,25)(H,21,23,26). The van der Waals surface area contributed by atoms with E-state index in [2.05, 4.69) is 36.5 Å². The fourth-order valence-electron chi connectivity index (χ4n) is 2.25. The van der Waals surface area contributed by atoms with Gasteiger partial charge in [0.25, 0.3) is 5.91 Å². The number of aromatic nitrogens is 3. The van der Waals surface area contributed by atoms with Gasteiger partial charge in [-0.3, -0.25) is 9.59 Å². The van der Waals surface area contributed by atoms with E-state index in [-0.39, 0.29) is 11.8 Å². The molecular weight excluding hydrogens is 398 g/mol. The number of carbonyl (C=O) groups is 2. The number of halogens is 1. The number of carbonyl (C=O) groups excluding carboxylic acids is 2. The summed E-state index contributed by atoms with van der Waals surface area (Å²) in [6.45, 7) is 0.543. The SMILES string of the molecule is O=C(CCn1ccnc1)Nc1cccc(C(=O)Nc2ccc(Br)cn2)c1. The van der Waals surface area contributed by atoms with Crippen molar-refractivity contribution in [3.8, 4) is 0 Å². The molecule has 0 fully saturated rings. The Morgan fingerprint density at radius 3 is 2.77 bits per heavy atom. The van der Waals surface area contributed by atoms with Crippen molar-refractivity contribution >= 4 is 39.2 Å². The van der Waals surface area contributed by atoms with Crippen LogP contribution in [0, 0.1) is 0 Å². The Labute approximate surface area is 158 Å². The summed E-state index contributed by atoms with van der Waals surface area (Å²) in [6, 6.07) is 10.3. The summed E-state index contributed by atoms with van der Waals surface area (Å²) in [6.07, 6.45) is 7.05. The van der Waals surface area contributed by atoms with Crippen LogP contribution in [-0.2, 0) is 11.3 Å². The van der Waals surface area contributed by atoms with Crippen LogP contribution in [0.3, 0.4) is 0 Å². The van der Waals surface area contributed by atoms with Gasteiger partial charge in [0, 0.05) is 47.3 Å². The predicted octanol–water partition coefficient (Wildman–Crippen LogP) is 3.32. The van der Waals surface area contributed by atoms with Crippen LogP contribution >= 0.6 is 15.9 Å². The molecule has 3 rings (SSSR count). The van der Waals surface area contributed by atoms with Crippen molar-refractivity contribution in [2.75, 3.05) is 10.6 Å². The lowest BCUT2D eigenvalue weighted by Crippen LogP contribution is -2.16. The predicted molar refractivity (Wildman–Crippen MR) is 102 cm³/mol. The number of rotatable bonds is 6. The minimum absolute atomic E-state index is 0.133. The number of imidazole rings is 1. The molecule has 2 amide bonds. The first-order valence-electron chi connectivity index (χ1n) is 7.89. The molecule has 0 spiro atoms. The zero-order valence-electron chi connectivity index (χ0n) is 13.7. The Balaban J connectivity index is 1.59. The lowest BCUT2D eigenvalue weighted by atomic mass is 10.2. The second-order valence-electron chi connectivity index (χ2n) is 5.50. The van der Waals surface area contributed by atoms with Gasteiger partial charge in [-0.2, -0.15) is 0 Å². The van der Waals surface area contributed by atoms with Crippen molar-refractivity contribution < 1.29 is 9.59 Å². The molecule has 26 heavy (non-hydrogen) atoms. The van der Waals surface area contributed by atoms with Gasteiger partial charge in [0.15, 0.2) is 0 Å². The van der Waals surface area contributed by atoms with E-state index in [1.165, 1.54) is 0 Å². The third-order valence-corrected chi connectivity index (χ3v) is 4.00. The molecule has 2 aromatic heterocycles. The number of pyridine rings is 1. The average Bonchev–Trinajstić information content (AvgIpc) is 3.16. The molecule has 3 aromatic rings. The highest BCUT2D eigenvalue weighted by molar-refractivity contribution is 9.10. The summed E-state index contributed by atoms with van der Waals surface area (Å²) >= 11 is 3.29. The van der Waals surface area contributed by atoms with Crippen molar-refractivity contribution in [1.82, 2.24) is 14.5 Å². The van der Waals surface area contributed by atoms with Gasteiger partial charge in [0.1, 0.15) is 5.82 Å². The first-order chi connectivity index (χ1) is 12.6. The van der Waals surface area contributed by atoms with Gasteiger partial charge >= 0.3 is 0 Å². The lowest BCUT2D eigenvalue weighted by Gasteiger charge is -2.08. The van der Waals surface area contributed by atoms with Gasteiger partial charge in [-0.1, -0.05) is 6.07 Å². The van der Waals surface area contributed by atoms with Gasteiger partial charge in [-0.05, 0) is 46.3 Å². The Bertz CT molecular complexity index is 894. The van der Waals surface area contributed by atoms with Gasteiger partial charge in [-0.15, -0.1) is 0 Å². The summed E-state index contributed by atoms with van der Waals surface area (Å²) in [5.41, 5.74) is 0.999. The molecule has 132 valence electrons. The van der Waals surface area contributed by atoms with E-state index >= 15 is 0 Å². The molecule has 2 N–H and O–H groups in total. The highest BCUT2D eigenvalue weighted by Gasteiger charge is 2.09. The van der Waals surface area contributed by atoms with Crippen molar-refractivity contribution in [2.24, 2.45) is 0 Å². The summed E-state index contributed by atoms with van der Waals surface area (Å²) in [5.74, 6) is 0.0214. The van der Waals surface area contributed by atoms with Gasteiger partial charge in [-0.25, -0.2) is 9.97 Å². The minimum Gasteiger partial charge on any atom is -0.337 e. The number of anilines is 2. The van der Waals surface area contributed by atoms with Gasteiger partial charge < -0.3 is 15.2 Å². The number of hydrogen-bond acceptors (Lipinski definition) is 4. The maximum absolute atomic E-state index is 12.3. The summed E-state index contributed by atoms with van der Waals surface area (Å²) in [5, 5.41) is 5.51. The lowest BCUT2D eigenvalue weighted by molar-refractivity contribution is -0.116. The second-order valence-corrected chi connectivity index (χ2v) is 6.41. The Morgan fingerprint density at radius 2 is 2.04 bits per heavy atom. The number of aryl methyl sites for hydroxylation is 1. The van der Waals surface area contributed by atoms with Crippen LogP contribution in [0.5, 0.6) is 0 Å². The molecule has 8 heteroatoms. The third-order valence-electron chi connectivity index (χ3n) is 3.53. The first kappa shape index (κ1) is 17.8. The first-order valence-corrected chi connectivity index (χ1v) is 8.68. The second kappa shape index (κ2) is 8.39. The van der Waals surface area contributed by atoms with Crippen molar-refractivity contribution in [3.05, 3.63) is 71.4 Å². The number of amides is 2. The fraction of sp³-hybridized carbons (Fsp3) is 0.111. The number of hydrogen-bond donors (Lipinski definition) is 2.